The van der Waals surface area contributed by atoms with Gasteiger partial charge in [0.05, 0.1) is 6.20 Å². The van der Waals surface area contributed by atoms with Gasteiger partial charge in [0.25, 0.3) is 0 Å². The van der Waals surface area contributed by atoms with Crippen LogP contribution in [0.2, 0.25) is 5.02 Å². The average Bonchev–Trinajstić information content (AvgIpc) is 2.87. The number of carbonyl (C=O) groups is 1. The number of hydrogen-bond acceptors (Lipinski definition) is 6. The summed E-state index contributed by atoms with van der Waals surface area (Å²) in [5, 5.41) is 3.87. The van der Waals surface area contributed by atoms with E-state index in [9.17, 15) is 4.79 Å². The molecular formula is C16H24ClN5O2. The highest BCUT2D eigenvalue weighted by Gasteiger charge is 2.30. The Balaban J connectivity index is 1.58. The highest BCUT2D eigenvalue weighted by atomic mass is 35.5. The van der Waals surface area contributed by atoms with Crippen LogP contribution < -0.4 is 10.2 Å². The Labute approximate surface area is 147 Å². The predicted octanol–water partition coefficient (Wildman–Crippen LogP) is 2.76. The molecule has 2 aliphatic heterocycles. The molecule has 3 rings (SSSR count). The number of rotatable bonds is 3. The molecule has 1 N–H and O–H groups in total. The largest absolute Gasteiger partial charge is 0.444 e. The summed E-state index contributed by atoms with van der Waals surface area (Å²) in [6, 6.07) is 0.114. The van der Waals surface area contributed by atoms with Crippen molar-refractivity contribution in [3.8, 4) is 0 Å². The maximum absolute atomic E-state index is 12.1. The Morgan fingerprint density at radius 1 is 1.38 bits per heavy atom. The van der Waals surface area contributed by atoms with Crippen molar-refractivity contribution in [2.45, 2.75) is 45.3 Å². The molecule has 24 heavy (non-hydrogen) atoms. The maximum atomic E-state index is 12.1. The first-order valence-electron chi connectivity index (χ1n) is 8.34. The lowest BCUT2D eigenvalue weighted by Gasteiger charge is -2.32. The molecule has 2 saturated heterocycles. The number of hydrogen-bond donors (Lipinski definition) is 1. The van der Waals surface area contributed by atoms with Crippen molar-refractivity contribution in [1.82, 2.24) is 14.9 Å². The molecule has 0 aliphatic carbocycles. The van der Waals surface area contributed by atoms with E-state index in [1.54, 1.807) is 11.1 Å². The molecular weight excluding hydrogens is 330 g/mol. The number of likely N-dealkylation sites (tertiary alicyclic amines) is 1. The summed E-state index contributed by atoms with van der Waals surface area (Å²) in [6.45, 7) is 8.82. The SMILES string of the molecule is CC(C)(C)OC(=O)N1CCC(Nc2ncc(Cl)c(N3CCC3)n2)C1. The molecule has 1 unspecified atom stereocenters. The van der Waals surface area contributed by atoms with Gasteiger partial charge >= 0.3 is 6.09 Å². The van der Waals surface area contributed by atoms with Crippen molar-refractivity contribution in [3.63, 3.8) is 0 Å². The lowest BCUT2D eigenvalue weighted by molar-refractivity contribution is 0.0293. The summed E-state index contributed by atoms with van der Waals surface area (Å²) >= 11 is 6.18. The Morgan fingerprint density at radius 2 is 2.12 bits per heavy atom. The molecule has 0 bridgehead atoms. The van der Waals surface area contributed by atoms with E-state index >= 15 is 0 Å². The second-order valence-corrected chi connectivity index (χ2v) is 7.67. The van der Waals surface area contributed by atoms with Crippen molar-refractivity contribution in [1.29, 1.82) is 0 Å². The van der Waals surface area contributed by atoms with Crippen molar-refractivity contribution >= 4 is 29.5 Å². The second-order valence-electron chi connectivity index (χ2n) is 7.26. The number of nitrogens with zero attached hydrogens (tertiary/aromatic N) is 4. The number of amides is 1. The summed E-state index contributed by atoms with van der Waals surface area (Å²) in [6.07, 6.45) is 3.36. The normalized spacial score (nSPS) is 20.8. The van der Waals surface area contributed by atoms with Gasteiger partial charge in [0, 0.05) is 32.2 Å². The first-order chi connectivity index (χ1) is 11.3. The monoisotopic (exact) mass is 353 g/mol. The maximum Gasteiger partial charge on any atom is 0.410 e. The fraction of sp³-hybridized carbons (Fsp3) is 0.688. The summed E-state index contributed by atoms with van der Waals surface area (Å²) < 4.78 is 5.41. The zero-order valence-electron chi connectivity index (χ0n) is 14.4. The number of ether oxygens (including phenoxy) is 1. The van der Waals surface area contributed by atoms with Gasteiger partial charge in [0.2, 0.25) is 5.95 Å². The molecule has 7 nitrogen and oxygen atoms in total. The van der Waals surface area contributed by atoms with E-state index in [0.29, 0.717) is 24.1 Å². The van der Waals surface area contributed by atoms with Crippen LogP contribution in [0.25, 0.3) is 0 Å². The third-order valence-corrected chi connectivity index (χ3v) is 4.32. The van der Waals surface area contributed by atoms with Crippen LogP contribution >= 0.6 is 11.6 Å². The number of aromatic nitrogens is 2. The van der Waals surface area contributed by atoms with E-state index in [0.717, 1.165) is 31.7 Å². The molecule has 0 aromatic carbocycles. The molecule has 0 saturated carbocycles. The second kappa shape index (κ2) is 6.63. The van der Waals surface area contributed by atoms with E-state index in [-0.39, 0.29) is 12.1 Å². The van der Waals surface area contributed by atoms with Crippen molar-refractivity contribution in [3.05, 3.63) is 11.2 Å². The van der Waals surface area contributed by atoms with Crippen LogP contribution in [0, 0.1) is 0 Å². The first-order valence-corrected chi connectivity index (χ1v) is 8.71. The minimum atomic E-state index is -0.478. The first kappa shape index (κ1) is 17.1. The zero-order chi connectivity index (χ0) is 17.3. The predicted molar refractivity (Wildman–Crippen MR) is 93.7 cm³/mol. The number of anilines is 2. The zero-order valence-corrected chi connectivity index (χ0v) is 15.1. The molecule has 2 fully saturated rings. The van der Waals surface area contributed by atoms with E-state index in [1.807, 2.05) is 20.8 Å². The number of nitrogens with one attached hydrogen (secondary N) is 1. The standard InChI is InChI=1S/C16H24ClN5O2/c1-16(2,3)24-15(23)22-8-5-11(10-22)19-14-18-9-12(17)13(20-14)21-6-4-7-21/h9,11H,4-8,10H2,1-3H3,(H,18,19,20). The average molecular weight is 354 g/mol. The van der Waals surface area contributed by atoms with Gasteiger partial charge in [-0.3, -0.25) is 0 Å². The summed E-state index contributed by atoms with van der Waals surface area (Å²) in [5.41, 5.74) is -0.478. The van der Waals surface area contributed by atoms with E-state index < -0.39 is 5.60 Å². The summed E-state index contributed by atoms with van der Waals surface area (Å²) in [7, 11) is 0. The molecule has 2 aliphatic rings. The van der Waals surface area contributed by atoms with Crippen LogP contribution in [0.15, 0.2) is 6.20 Å². The van der Waals surface area contributed by atoms with Gasteiger partial charge in [0.15, 0.2) is 5.82 Å². The molecule has 1 amide bonds. The van der Waals surface area contributed by atoms with Gasteiger partial charge in [-0.25, -0.2) is 9.78 Å². The topological polar surface area (TPSA) is 70.6 Å². The van der Waals surface area contributed by atoms with Gasteiger partial charge in [-0.05, 0) is 33.6 Å². The number of carbonyl (C=O) groups excluding carboxylic acids is 1. The van der Waals surface area contributed by atoms with Crippen LogP contribution in [-0.2, 0) is 4.74 Å². The Morgan fingerprint density at radius 3 is 2.75 bits per heavy atom. The number of halogens is 1. The fourth-order valence-electron chi connectivity index (χ4n) is 2.73. The van der Waals surface area contributed by atoms with E-state index in [2.05, 4.69) is 20.2 Å². The van der Waals surface area contributed by atoms with Gasteiger partial charge in [-0.2, -0.15) is 4.98 Å². The molecule has 3 heterocycles. The molecule has 8 heteroatoms. The molecule has 1 aromatic heterocycles. The van der Waals surface area contributed by atoms with Crippen LogP contribution in [0.1, 0.15) is 33.6 Å². The van der Waals surface area contributed by atoms with Gasteiger partial charge in [-0.1, -0.05) is 11.6 Å². The highest BCUT2D eigenvalue weighted by molar-refractivity contribution is 6.32. The van der Waals surface area contributed by atoms with E-state index in [1.165, 1.54) is 0 Å². The van der Waals surface area contributed by atoms with Gasteiger partial charge in [-0.15, -0.1) is 0 Å². The van der Waals surface area contributed by atoms with Crippen molar-refractivity contribution in [2.24, 2.45) is 0 Å². The fourth-order valence-corrected chi connectivity index (χ4v) is 2.94. The lowest BCUT2D eigenvalue weighted by Crippen LogP contribution is -2.38. The quantitative estimate of drug-likeness (QED) is 0.901. The van der Waals surface area contributed by atoms with Gasteiger partial charge < -0.3 is 19.9 Å². The third-order valence-electron chi connectivity index (χ3n) is 4.05. The summed E-state index contributed by atoms with van der Waals surface area (Å²) in [4.78, 5) is 24.7. The van der Waals surface area contributed by atoms with Crippen LogP contribution in [0.3, 0.4) is 0 Å². The summed E-state index contributed by atoms with van der Waals surface area (Å²) in [5.74, 6) is 1.33. The Hall–Kier alpha value is -1.76. The lowest BCUT2D eigenvalue weighted by atomic mass is 10.2. The molecule has 1 aromatic rings. The smallest absolute Gasteiger partial charge is 0.410 e. The third kappa shape index (κ3) is 4.01. The van der Waals surface area contributed by atoms with E-state index in [4.69, 9.17) is 16.3 Å². The van der Waals surface area contributed by atoms with Crippen molar-refractivity contribution < 1.29 is 9.53 Å². The van der Waals surface area contributed by atoms with Crippen LogP contribution in [0.5, 0.6) is 0 Å². The Bertz CT molecular complexity index is 615. The molecule has 132 valence electrons. The molecule has 1 atom stereocenters. The minimum absolute atomic E-state index is 0.114. The van der Waals surface area contributed by atoms with Gasteiger partial charge in [0.1, 0.15) is 10.6 Å². The minimum Gasteiger partial charge on any atom is -0.444 e. The molecule has 0 spiro atoms. The Kier molecular flexibility index (Phi) is 4.71. The van der Waals surface area contributed by atoms with Crippen LogP contribution in [-0.4, -0.2) is 58.8 Å². The highest BCUT2D eigenvalue weighted by Crippen LogP contribution is 2.27. The van der Waals surface area contributed by atoms with Crippen molar-refractivity contribution in [2.75, 3.05) is 36.4 Å². The van der Waals surface area contributed by atoms with Crippen LogP contribution in [0.4, 0.5) is 16.6 Å². The molecule has 0 radical (unpaired) electrons.